The van der Waals surface area contributed by atoms with Gasteiger partial charge in [0.2, 0.25) is 5.88 Å². The SMILES string of the molecule is CNCC1CC(Oc2ncc(Cl)cc2Cl)C1. The third-order valence-corrected chi connectivity index (χ3v) is 3.22. The lowest BCUT2D eigenvalue weighted by Crippen LogP contribution is -2.38. The largest absolute Gasteiger partial charge is 0.473 e. The Morgan fingerprint density at radius 2 is 2.25 bits per heavy atom. The predicted octanol–water partition coefficient (Wildman–Crippen LogP) is 2.77. The van der Waals surface area contributed by atoms with E-state index < -0.39 is 0 Å². The van der Waals surface area contributed by atoms with Crippen molar-refractivity contribution < 1.29 is 4.74 Å². The summed E-state index contributed by atoms with van der Waals surface area (Å²) in [4.78, 5) is 4.07. The summed E-state index contributed by atoms with van der Waals surface area (Å²) >= 11 is 11.7. The van der Waals surface area contributed by atoms with Gasteiger partial charge < -0.3 is 10.1 Å². The third kappa shape index (κ3) is 2.78. The van der Waals surface area contributed by atoms with Gasteiger partial charge in [-0.05, 0) is 38.4 Å². The van der Waals surface area contributed by atoms with Crippen LogP contribution in [0, 0.1) is 5.92 Å². The van der Waals surface area contributed by atoms with Gasteiger partial charge >= 0.3 is 0 Å². The van der Waals surface area contributed by atoms with Crippen molar-refractivity contribution in [3.63, 3.8) is 0 Å². The van der Waals surface area contributed by atoms with Gasteiger partial charge in [-0.3, -0.25) is 0 Å². The normalized spacial score (nSPS) is 23.9. The molecule has 0 bridgehead atoms. The van der Waals surface area contributed by atoms with E-state index in [-0.39, 0.29) is 6.10 Å². The topological polar surface area (TPSA) is 34.1 Å². The lowest BCUT2D eigenvalue weighted by atomic mass is 9.82. The molecule has 5 heteroatoms. The fourth-order valence-corrected chi connectivity index (χ4v) is 2.30. The van der Waals surface area contributed by atoms with Crippen LogP contribution in [0.25, 0.3) is 0 Å². The van der Waals surface area contributed by atoms with E-state index in [2.05, 4.69) is 10.3 Å². The van der Waals surface area contributed by atoms with Crippen LogP contribution in [0.2, 0.25) is 10.0 Å². The quantitative estimate of drug-likeness (QED) is 0.904. The number of hydrogen-bond acceptors (Lipinski definition) is 3. The second-order valence-corrected chi connectivity index (χ2v) is 4.92. The highest BCUT2D eigenvalue weighted by Gasteiger charge is 2.30. The van der Waals surface area contributed by atoms with Gasteiger partial charge in [0, 0.05) is 6.20 Å². The molecule has 0 spiro atoms. The molecule has 1 N–H and O–H groups in total. The van der Waals surface area contributed by atoms with Crippen LogP contribution in [0.15, 0.2) is 12.3 Å². The van der Waals surface area contributed by atoms with E-state index in [0.717, 1.165) is 19.4 Å². The first-order chi connectivity index (χ1) is 7.69. The smallest absolute Gasteiger partial charge is 0.232 e. The molecule has 0 unspecified atom stereocenters. The molecular formula is C11H14Cl2N2O. The van der Waals surface area contributed by atoms with Crippen LogP contribution in [0.3, 0.4) is 0 Å². The summed E-state index contributed by atoms with van der Waals surface area (Å²) in [5.41, 5.74) is 0. The minimum atomic E-state index is 0.240. The van der Waals surface area contributed by atoms with Crippen molar-refractivity contribution in [2.24, 2.45) is 5.92 Å². The molecule has 2 rings (SSSR count). The highest BCUT2D eigenvalue weighted by molar-refractivity contribution is 6.35. The number of nitrogens with zero attached hydrogens (tertiary/aromatic N) is 1. The van der Waals surface area contributed by atoms with Crippen LogP contribution >= 0.6 is 23.2 Å². The van der Waals surface area contributed by atoms with Crippen molar-refractivity contribution in [2.45, 2.75) is 18.9 Å². The van der Waals surface area contributed by atoms with Gasteiger partial charge in [-0.25, -0.2) is 4.98 Å². The van der Waals surface area contributed by atoms with Gasteiger partial charge in [0.25, 0.3) is 0 Å². The van der Waals surface area contributed by atoms with E-state index in [4.69, 9.17) is 27.9 Å². The molecule has 0 amide bonds. The van der Waals surface area contributed by atoms with Crippen molar-refractivity contribution in [1.82, 2.24) is 10.3 Å². The summed E-state index contributed by atoms with van der Waals surface area (Å²) in [7, 11) is 1.96. The number of hydrogen-bond donors (Lipinski definition) is 1. The maximum atomic E-state index is 5.97. The average molecular weight is 261 g/mol. The molecule has 1 aromatic rings. The van der Waals surface area contributed by atoms with Crippen molar-refractivity contribution in [3.05, 3.63) is 22.3 Å². The molecule has 88 valence electrons. The Morgan fingerprint density at radius 1 is 1.50 bits per heavy atom. The maximum absolute atomic E-state index is 5.97. The molecule has 3 nitrogen and oxygen atoms in total. The Morgan fingerprint density at radius 3 is 2.88 bits per heavy atom. The fourth-order valence-electron chi connectivity index (χ4n) is 1.87. The lowest BCUT2D eigenvalue weighted by molar-refractivity contribution is 0.0618. The van der Waals surface area contributed by atoms with Crippen molar-refractivity contribution in [2.75, 3.05) is 13.6 Å². The summed E-state index contributed by atoms with van der Waals surface area (Å²) in [6, 6.07) is 1.65. The van der Waals surface area contributed by atoms with Gasteiger partial charge in [0.1, 0.15) is 11.1 Å². The summed E-state index contributed by atoms with van der Waals surface area (Å²) in [5.74, 6) is 1.19. The molecular weight excluding hydrogens is 247 g/mol. The van der Waals surface area contributed by atoms with E-state index in [1.54, 1.807) is 12.3 Å². The van der Waals surface area contributed by atoms with Gasteiger partial charge in [-0.15, -0.1) is 0 Å². The highest BCUT2D eigenvalue weighted by Crippen LogP contribution is 2.33. The Bertz CT molecular complexity index is 367. The first-order valence-electron chi connectivity index (χ1n) is 5.31. The van der Waals surface area contributed by atoms with E-state index in [1.807, 2.05) is 7.05 Å². The van der Waals surface area contributed by atoms with E-state index in [9.17, 15) is 0 Å². The van der Waals surface area contributed by atoms with Crippen LogP contribution in [0.4, 0.5) is 0 Å². The van der Waals surface area contributed by atoms with Crippen molar-refractivity contribution in [3.8, 4) is 5.88 Å². The maximum Gasteiger partial charge on any atom is 0.232 e. The number of nitrogens with one attached hydrogen (secondary N) is 1. The molecule has 0 atom stereocenters. The van der Waals surface area contributed by atoms with Crippen molar-refractivity contribution in [1.29, 1.82) is 0 Å². The number of rotatable bonds is 4. The summed E-state index contributed by atoms with van der Waals surface area (Å²) in [6.45, 7) is 1.04. The zero-order valence-electron chi connectivity index (χ0n) is 9.04. The third-order valence-electron chi connectivity index (χ3n) is 2.74. The molecule has 1 heterocycles. The number of halogens is 2. The van der Waals surface area contributed by atoms with Gasteiger partial charge in [-0.2, -0.15) is 0 Å². The van der Waals surface area contributed by atoms with E-state index >= 15 is 0 Å². The zero-order chi connectivity index (χ0) is 11.5. The number of aromatic nitrogens is 1. The van der Waals surface area contributed by atoms with E-state index in [1.165, 1.54) is 0 Å². The molecule has 0 radical (unpaired) electrons. The Labute approximate surface area is 105 Å². The van der Waals surface area contributed by atoms with E-state index in [0.29, 0.717) is 21.8 Å². The molecule has 1 aromatic heterocycles. The summed E-state index contributed by atoms with van der Waals surface area (Å²) in [5, 5.41) is 4.16. The average Bonchev–Trinajstić information content (AvgIpc) is 2.18. The summed E-state index contributed by atoms with van der Waals surface area (Å²) in [6.07, 6.45) is 3.90. The van der Waals surface area contributed by atoms with Crippen LogP contribution in [0.5, 0.6) is 5.88 Å². The Kier molecular flexibility index (Phi) is 3.90. The molecule has 0 aromatic carbocycles. The molecule has 1 fully saturated rings. The second kappa shape index (κ2) is 5.21. The molecule has 1 aliphatic carbocycles. The molecule has 16 heavy (non-hydrogen) atoms. The first-order valence-corrected chi connectivity index (χ1v) is 6.07. The standard InChI is InChI=1S/C11H14Cl2N2O/c1-14-5-7-2-9(3-7)16-11-10(13)4-8(12)6-15-11/h4,6-7,9,14H,2-3,5H2,1H3. The molecule has 0 saturated heterocycles. The minimum Gasteiger partial charge on any atom is -0.473 e. The van der Waals surface area contributed by atoms with Gasteiger partial charge in [0.15, 0.2) is 0 Å². The van der Waals surface area contributed by atoms with Crippen molar-refractivity contribution >= 4 is 23.2 Å². The van der Waals surface area contributed by atoms with Crippen LogP contribution in [-0.2, 0) is 0 Å². The fraction of sp³-hybridized carbons (Fsp3) is 0.545. The van der Waals surface area contributed by atoms with Gasteiger partial charge in [0.05, 0.1) is 5.02 Å². The Hall–Kier alpha value is -0.510. The second-order valence-electron chi connectivity index (χ2n) is 4.08. The lowest BCUT2D eigenvalue weighted by Gasteiger charge is -2.34. The van der Waals surface area contributed by atoms with Crippen LogP contribution in [0.1, 0.15) is 12.8 Å². The molecule has 1 saturated carbocycles. The van der Waals surface area contributed by atoms with Crippen LogP contribution < -0.4 is 10.1 Å². The monoisotopic (exact) mass is 260 g/mol. The predicted molar refractivity (Wildman–Crippen MR) is 65.3 cm³/mol. The number of pyridine rings is 1. The molecule has 0 aliphatic heterocycles. The summed E-state index contributed by atoms with van der Waals surface area (Å²) < 4.78 is 5.68. The van der Waals surface area contributed by atoms with Gasteiger partial charge in [-0.1, -0.05) is 23.2 Å². The molecule has 1 aliphatic rings. The first kappa shape index (κ1) is 12.0. The highest BCUT2D eigenvalue weighted by atomic mass is 35.5. The van der Waals surface area contributed by atoms with Crippen LogP contribution in [-0.4, -0.2) is 24.7 Å². The minimum absolute atomic E-state index is 0.240. The number of ether oxygens (including phenoxy) is 1. The zero-order valence-corrected chi connectivity index (χ0v) is 10.6. The Balaban J connectivity index is 1.87.